The predicted molar refractivity (Wildman–Crippen MR) is 84.0 cm³/mol. The molecule has 2 rings (SSSR count). The van der Waals surface area contributed by atoms with E-state index in [1.807, 2.05) is 12.1 Å². The smallest absolute Gasteiger partial charge is 0.218 e. The number of rotatable bonds is 6. The zero-order chi connectivity index (χ0) is 15.3. The van der Waals surface area contributed by atoms with Gasteiger partial charge in [-0.2, -0.15) is 0 Å². The minimum absolute atomic E-state index is 0.0138. The van der Waals surface area contributed by atoms with Gasteiger partial charge in [0.25, 0.3) is 0 Å². The third kappa shape index (κ3) is 4.54. The standard InChI is InChI=1S/C15H19N3O2S/c1-18(11-8-13-6-9-17-10-7-13)21(19,20)12-14-2-4-15(16)5-3-14/h2-7,9-10H,8,11-12,16H2,1H3. The average Bonchev–Trinajstić information content (AvgIpc) is 2.48. The normalized spacial score (nSPS) is 11.7. The van der Waals surface area contributed by atoms with Crippen molar-refractivity contribution in [1.29, 1.82) is 0 Å². The number of likely N-dealkylation sites (N-methyl/N-ethyl adjacent to an activating group) is 1. The minimum Gasteiger partial charge on any atom is -0.399 e. The van der Waals surface area contributed by atoms with Gasteiger partial charge in [-0.3, -0.25) is 4.98 Å². The fourth-order valence-corrected chi connectivity index (χ4v) is 3.11. The Hall–Kier alpha value is -1.92. The number of hydrogen-bond acceptors (Lipinski definition) is 4. The number of pyridine rings is 1. The first kappa shape index (κ1) is 15.5. The quantitative estimate of drug-likeness (QED) is 0.824. The Balaban J connectivity index is 1.96. The third-order valence-electron chi connectivity index (χ3n) is 3.27. The zero-order valence-corrected chi connectivity index (χ0v) is 12.8. The SMILES string of the molecule is CN(CCc1ccncc1)S(=O)(=O)Cc1ccc(N)cc1. The molecule has 2 N–H and O–H groups in total. The second-order valence-electron chi connectivity index (χ2n) is 4.92. The van der Waals surface area contributed by atoms with Gasteiger partial charge in [-0.25, -0.2) is 12.7 Å². The van der Waals surface area contributed by atoms with Crippen LogP contribution >= 0.6 is 0 Å². The summed E-state index contributed by atoms with van der Waals surface area (Å²) in [4.78, 5) is 3.94. The lowest BCUT2D eigenvalue weighted by atomic mass is 10.2. The van der Waals surface area contributed by atoms with Crippen LogP contribution in [0.25, 0.3) is 0 Å². The van der Waals surface area contributed by atoms with E-state index in [-0.39, 0.29) is 5.75 Å². The summed E-state index contributed by atoms with van der Waals surface area (Å²) in [6.07, 6.45) is 4.08. The van der Waals surface area contributed by atoms with Gasteiger partial charge in [0.05, 0.1) is 5.75 Å². The number of nitrogens with zero attached hydrogens (tertiary/aromatic N) is 2. The Morgan fingerprint density at radius 1 is 1.05 bits per heavy atom. The van der Waals surface area contributed by atoms with Crippen molar-refractivity contribution >= 4 is 15.7 Å². The Morgan fingerprint density at radius 3 is 2.29 bits per heavy atom. The summed E-state index contributed by atoms with van der Waals surface area (Å²) in [5, 5.41) is 0. The van der Waals surface area contributed by atoms with Crippen LogP contribution in [-0.4, -0.2) is 31.3 Å². The molecule has 0 spiro atoms. The molecule has 1 aromatic carbocycles. The lowest BCUT2D eigenvalue weighted by molar-refractivity contribution is 0.471. The molecule has 0 saturated carbocycles. The van der Waals surface area contributed by atoms with Gasteiger partial charge in [-0.15, -0.1) is 0 Å². The highest BCUT2D eigenvalue weighted by molar-refractivity contribution is 7.88. The Morgan fingerprint density at radius 2 is 1.67 bits per heavy atom. The first-order valence-electron chi connectivity index (χ1n) is 6.65. The molecule has 21 heavy (non-hydrogen) atoms. The number of benzene rings is 1. The number of nitrogen functional groups attached to an aromatic ring is 1. The van der Waals surface area contributed by atoms with E-state index in [1.54, 1.807) is 43.7 Å². The molecule has 0 aliphatic heterocycles. The molecule has 6 heteroatoms. The maximum absolute atomic E-state index is 12.3. The summed E-state index contributed by atoms with van der Waals surface area (Å²) >= 11 is 0. The van der Waals surface area contributed by atoms with Crippen LogP contribution < -0.4 is 5.73 Å². The molecule has 112 valence electrons. The van der Waals surface area contributed by atoms with Gasteiger partial charge in [0, 0.05) is 31.7 Å². The maximum Gasteiger partial charge on any atom is 0.218 e. The molecule has 5 nitrogen and oxygen atoms in total. The van der Waals surface area contributed by atoms with Crippen molar-refractivity contribution in [3.05, 3.63) is 59.9 Å². The van der Waals surface area contributed by atoms with Crippen molar-refractivity contribution in [2.45, 2.75) is 12.2 Å². The molecular weight excluding hydrogens is 286 g/mol. The van der Waals surface area contributed by atoms with E-state index in [0.717, 1.165) is 11.1 Å². The monoisotopic (exact) mass is 305 g/mol. The van der Waals surface area contributed by atoms with E-state index >= 15 is 0 Å². The summed E-state index contributed by atoms with van der Waals surface area (Å²) in [6, 6.07) is 10.7. The van der Waals surface area contributed by atoms with Gasteiger partial charge in [0.2, 0.25) is 10.0 Å². The number of nitrogens with two attached hydrogens (primary N) is 1. The first-order valence-corrected chi connectivity index (χ1v) is 8.25. The molecule has 1 aromatic heterocycles. The molecule has 0 aliphatic rings. The van der Waals surface area contributed by atoms with E-state index in [9.17, 15) is 8.42 Å². The molecule has 1 heterocycles. The van der Waals surface area contributed by atoms with Crippen molar-refractivity contribution < 1.29 is 8.42 Å². The molecule has 0 saturated heterocycles. The van der Waals surface area contributed by atoms with Gasteiger partial charge in [-0.05, 0) is 41.8 Å². The van der Waals surface area contributed by atoms with Gasteiger partial charge < -0.3 is 5.73 Å². The van der Waals surface area contributed by atoms with Crippen LogP contribution in [0.15, 0.2) is 48.8 Å². The average molecular weight is 305 g/mol. The number of aromatic nitrogens is 1. The molecule has 0 radical (unpaired) electrons. The number of hydrogen-bond donors (Lipinski definition) is 1. The van der Waals surface area contributed by atoms with Crippen molar-refractivity contribution in [2.75, 3.05) is 19.3 Å². The highest BCUT2D eigenvalue weighted by atomic mass is 32.2. The first-order chi connectivity index (χ1) is 9.97. The van der Waals surface area contributed by atoms with Crippen molar-refractivity contribution in [3.63, 3.8) is 0 Å². The summed E-state index contributed by atoms with van der Waals surface area (Å²) < 4.78 is 26.0. The van der Waals surface area contributed by atoms with Gasteiger partial charge in [0.15, 0.2) is 0 Å². The summed E-state index contributed by atoms with van der Waals surface area (Å²) in [7, 11) is -1.71. The van der Waals surface area contributed by atoms with Crippen molar-refractivity contribution in [2.24, 2.45) is 0 Å². The van der Waals surface area contributed by atoms with Gasteiger partial charge in [0.1, 0.15) is 0 Å². The number of sulfonamides is 1. The van der Waals surface area contributed by atoms with E-state index < -0.39 is 10.0 Å². The Bertz CT molecular complexity index is 670. The van der Waals surface area contributed by atoms with Gasteiger partial charge in [-0.1, -0.05) is 12.1 Å². The molecule has 0 atom stereocenters. The largest absolute Gasteiger partial charge is 0.399 e. The third-order valence-corrected chi connectivity index (χ3v) is 5.10. The predicted octanol–water partition coefficient (Wildman–Crippen LogP) is 1.67. The minimum atomic E-state index is -3.32. The van der Waals surface area contributed by atoms with Crippen LogP contribution in [0.5, 0.6) is 0 Å². The topological polar surface area (TPSA) is 76.3 Å². The van der Waals surface area contributed by atoms with E-state index in [1.165, 1.54) is 4.31 Å². The number of anilines is 1. The lowest BCUT2D eigenvalue weighted by Gasteiger charge is -2.17. The second kappa shape index (κ2) is 6.69. The highest BCUT2D eigenvalue weighted by Gasteiger charge is 2.18. The van der Waals surface area contributed by atoms with E-state index in [4.69, 9.17) is 5.73 Å². The maximum atomic E-state index is 12.3. The van der Waals surface area contributed by atoms with Gasteiger partial charge >= 0.3 is 0 Å². The van der Waals surface area contributed by atoms with E-state index in [2.05, 4.69) is 4.98 Å². The molecule has 0 unspecified atom stereocenters. The summed E-state index contributed by atoms with van der Waals surface area (Å²) in [5.41, 5.74) is 8.03. The Kier molecular flexibility index (Phi) is 4.93. The molecule has 0 fully saturated rings. The highest BCUT2D eigenvalue weighted by Crippen LogP contribution is 2.12. The lowest BCUT2D eigenvalue weighted by Crippen LogP contribution is -2.30. The van der Waals surface area contributed by atoms with Crippen LogP contribution in [0.1, 0.15) is 11.1 Å². The van der Waals surface area contributed by atoms with Crippen LogP contribution in [-0.2, 0) is 22.2 Å². The van der Waals surface area contributed by atoms with Crippen molar-refractivity contribution in [3.8, 4) is 0 Å². The summed E-state index contributed by atoms with van der Waals surface area (Å²) in [5.74, 6) is -0.0138. The fourth-order valence-electron chi connectivity index (χ4n) is 1.91. The van der Waals surface area contributed by atoms with Crippen LogP contribution in [0.3, 0.4) is 0 Å². The van der Waals surface area contributed by atoms with Crippen molar-refractivity contribution in [1.82, 2.24) is 9.29 Å². The molecule has 0 aliphatic carbocycles. The zero-order valence-electron chi connectivity index (χ0n) is 11.9. The molecular formula is C15H19N3O2S. The van der Waals surface area contributed by atoms with Crippen LogP contribution in [0, 0.1) is 0 Å². The Labute approximate surface area is 125 Å². The second-order valence-corrected chi connectivity index (χ2v) is 7.00. The molecule has 2 aromatic rings. The fraction of sp³-hybridized carbons (Fsp3) is 0.267. The molecule has 0 bridgehead atoms. The van der Waals surface area contributed by atoms with Crippen LogP contribution in [0.2, 0.25) is 0 Å². The summed E-state index contributed by atoms with van der Waals surface area (Å²) in [6.45, 7) is 0.446. The van der Waals surface area contributed by atoms with Crippen LogP contribution in [0.4, 0.5) is 5.69 Å². The molecule has 0 amide bonds. The van der Waals surface area contributed by atoms with E-state index in [0.29, 0.717) is 18.7 Å².